The Morgan fingerprint density at radius 1 is 1.00 bits per heavy atom. The molecule has 2 aromatic carbocycles. The Morgan fingerprint density at radius 2 is 1.65 bits per heavy atom. The molecule has 6 nitrogen and oxygen atoms in total. The molecule has 1 atom stereocenters. The van der Waals surface area contributed by atoms with E-state index in [0.717, 1.165) is 4.90 Å². The monoisotopic (exact) mass is 396 g/mol. The van der Waals surface area contributed by atoms with Gasteiger partial charge in [0.05, 0.1) is 29.9 Å². The maximum atomic E-state index is 12.1. The number of hydrogen-bond acceptors (Lipinski definition) is 3. The molecule has 26 heavy (non-hydrogen) atoms. The highest BCUT2D eigenvalue weighted by atomic mass is 35.5. The van der Waals surface area contributed by atoms with E-state index < -0.39 is 0 Å². The quantitative estimate of drug-likeness (QED) is 0.670. The molecule has 0 radical (unpaired) electrons. The van der Waals surface area contributed by atoms with Gasteiger partial charge in [0.25, 0.3) is 11.8 Å². The molecule has 0 aliphatic carbocycles. The molecule has 2 aromatic rings. The predicted octanol–water partition coefficient (Wildman–Crippen LogP) is 2.09. The van der Waals surface area contributed by atoms with Crippen molar-refractivity contribution in [2.45, 2.75) is 0 Å². The molecule has 3 N–H and O–H groups in total. The second-order valence-corrected chi connectivity index (χ2v) is 6.55. The SMILES string of the molecule is COc1ccc(NC(=O)C[NH+](C)CC(=O)Nc2ccccc2Cl)cc1Cl. The topological polar surface area (TPSA) is 71.9 Å². The average Bonchev–Trinajstić information content (AvgIpc) is 2.56. The van der Waals surface area contributed by atoms with Gasteiger partial charge < -0.3 is 20.3 Å². The van der Waals surface area contributed by atoms with Gasteiger partial charge in [0.15, 0.2) is 13.1 Å². The minimum absolute atomic E-state index is 0.125. The largest absolute Gasteiger partial charge is 0.495 e. The van der Waals surface area contributed by atoms with Crippen LogP contribution in [0.5, 0.6) is 5.75 Å². The van der Waals surface area contributed by atoms with Crippen molar-refractivity contribution in [1.29, 1.82) is 0 Å². The molecule has 0 bridgehead atoms. The number of carbonyl (C=O) groups is 2. The van der Waals surface area contributed by atoms with E-state index in [1.807, 2.05) is 0 Å². The Bertz CT molecular complexity index is 799. The third kappa shape index (κ3) is 5.91. The first-order valence-corrected chi connectivity index (χ1v) is 8.63. The van der Waals surface area contributed by atoms with E-state index >= 15 is 0 Å². The fraction of sp³-hybridized carbons (Fsp3) is 0.222. The molecule has 0 aliphatic rings. The standard InChI is InChI=1S/C18H19Cl2N3O3/c1-23(11-18(25)22-15-6-4-3-5-13(15)19)10-17(24)21-12-7-8-16(26-2)14(20)9-12/h3-9H,10-11H2,1-2H3,(H,21,24)(H,22,25)/p+1. The van der Waals surface area contributed by atoms with Crippen molar-refractivity contribution in [1.82, 2.24) is 0 Å². The molecule has 0 aromatic heterocycles. The molecule has 8 heteroatoms. The molecule has 0 heterocycles. The van der Waals surface area contributed by atoms with Crippen molar-refractivity contribution in [3.05, 3.63) is 52.5 Å². The lowest BCUT2D eigenvalue weighted by atomic mass is 10.3. The Balaban J connectivity index is 1.84. The summed E-state index contributed by atoms with van der Waals surface area (Å²) in [5.41, 5.74) is 1.11. The fourth-order valence-corrected chi connectivity index (χ4v) is 2.76. The number of amides is 2. The Morgan fingerprint density at radius 3 is 2.27 bits per heavy atom. The number of para-hydroxylation sites is 1. The molecule has 0 saturated carbocycles. The first-order valence-electron chi connectivity index (χ1n) is 7.88. The van der Waals surface area contributed by atoms with E-state index in [9.17, 15) is 9.59 Å². The van der Waals surface area contributed by atoms with Crippen molar-refractivity contribution < 1.29 is 19.2 Å². The minimum Gasteiger partial charge on any atom is -0.495 e. The van der Waals surface area contributed by atoms with Crippen molar-refractivity contribution >= 4 is 46.4 Å². The number of likely N-dealkylation sites (N-methyl/N-ethyl adjacent to an activating group) is 1. The summed E-state index contributed by atoms with van der Waals surface area (Å²) in [4.78, 5) is 24.9. The number of anilines is 2. The molecule has 2 rings (SSSR count). The normalized spacial score (nSPS) is 11.5. The number of methoxy groups -OCH3 is 1. The third-order valence-corrected chi connectivity index (χ3v) is 4.13. The van der Waals surface area contributed by atoms with Crippen LogP contribution in [-0.4, -0.2) is 39.1 Å². The zero-order valence-corrected chi connectivity index (χ0v) is 15.9. The number of ether oxygens (including phenoxy) is 1. The number of quaternary nitrogens is 1. The first-order chi connectivity index (χ1) is 12.4. The number of benzene rings is 2. The zero-order chi connectivity index (χ0) is 19.1. The summed E-state index contributed by atoms with van der Waals surface area (Å²) >= 11 is 12.0. The van der Waals surface area contributed by atoms with Crippen LogP contribution >= 0.6 is 23.2 Å². The van der Waals surface area contributed by atoms with Gasteiger partial charge in [-0.05, 0) is 30.3 Å². The molecule has 1 unspecified atom stereocenters. The van der Waals surface area contributed by atoms with Gasteiger partial charge in [0, 0.05) is 5.69 Å². The molecule has 0 aliphatic heterocycles. The maximum Gasteiger partial charge on any atom is 0.279 e. The van der Waals surface area contributed by atoms with Crippen LogP contribution in [-0.2, 0) is 9.59 Å². The van der Waals surface area contributed by atoms with Crippen LogP contribution in [0.2, 0.25) is 10.0 Å². The third-order valence-electron chi connectivity index (χ3n) is 3.51. The summed E-state index contributed by atoms with van der Waals surface area (Å²) in [5.74, 6) is 0.0776. The van der Waals surface area contributed by atoms with Gasteiger partial charge in [-0.2, -0.15) is 0 Å². The summed E-state index contributed by atoms with van der Waals surface area (Å²) in [6, 6.07) is 12.0. The van der Waals surface area contributed by atoms with Crippen LogP contribution in [0.3, 0.4) is 0 Å². The fourth-order valence-electron chi connectivity index (χ4n) is 2.32. The number of carbonyl (C=O) groups excluding carboxylic acids is 2. The second kappa shape index (κ2) is 9.43. The van der Waals surface area contributed by atoms with Crippen LogP contribution in [0.4, 0.5) is 11.4 Å². The van der Waals surface area contributed by atoms with E-state index in [-0.39, 0.29) is 24.9 Å². The first kappa shape index (κ1) is 20.0. The lowest BCUT2D eigenvalue weighted by Gasteiger charge is -2.14. The molecular weight excluding hydrogens is 377 g/mol. The Hall–Kier alpha value is -2.28. The second-order valence-electron chi connectivity index (χ2n) is 5.74. The van der Waals surface area contributed by atoms with E-state index in [0.29, 0.717) is 27.2 Å². The van der Waals surface area contributed by atoms with E-state index in [4.69, 9.17) is 27.9 Å². The number of nitrogens with one attached hydrogen (secondary N) is 3. The summed E-state index contributed by atoms with van der Waals surface area (Å²) in [6.45, 7) is 0.252. The number of halogens is 2. The zero-order valence-electron chi connectivity index (χ0n) is 14.4. The van der Waals surface area contributed by atoms with Crippen LogP contribution in [0.15, 0.2) is 42.5 Å². The summed E-state index contributed by atoms with van der Waals surface area (Å²) < 4.78 is 5.07. The molecule has 2 amide bonds. The van der Waals surface area contributed by atoms with E-state index in [2.05, 4.69) is 10.6 Å². The van der Waals surface area contributed by atoms with Crippen molar-refractivity contribution in [2.24, 2.45) is 0 Å². The summed E-state index contributed by atoms with van der Waals surface area (Å²) in [5, 5.41) is 6.35. The average molecular weight is 397 g/mol. The van der Waals surface area contributed by atoms with Gasteiger partial charge in [-0.25, -0.2) is 0 Å². The summed E-state index contributed by atoms with van der Waals surface area (Å²) in [6.07, 6.45) is 0. The van der Waals surface area contributed by atoms with E-state index in [1.54, 1.807) is 49.5 Å². The Labute approximate surface area is 162 Å². The highest BCUT2D eigenvalue weighted by molar-refractivity contribution is 6.33. The van der Waals surface area contributed by atoms with Crippen LogP contribution in [0.1, 0.15) is 0 Å². The van der Waals surface area contributed by atoms with Crippen LogP contribution in [0, 0.1) is 0 Å². The van der Waals surface area contributed by atoms with Gasteiger partial charge >= 0.3 is 0 Å². The van der Waals surface area contributed by atoms with Crippen LogP contribution in [0.25, 0.3) is 0 Å². The highest BCUT2D eigenvalue weighted by Gasteiger charge is 2.15. The lowest BCUT2D eigenvalue weighted by molar-refractivity contribution is -0.862. The lowest BCUT2D eigenvalue weighted by Crippen LogP contribution is -3.11. The highest BCUT2D eigenvalue weighted by Crippen LogP contribution is 2.27. The van der Waals surface area contributed by atoms with Gasteiger partial charge in [0.2, 0.25) is 0 Å². The molecule has 0 fully saturated rings. The van der Waals surface area contributed by atoms with Crippen LogP contribution < -0.4 is 20.3 Å². The smallest absolute Gasteiger partial charge is 0.279 e. The van der Waals surface area contributed by atoms with Gasteiger partial charge in [-0.3, -0.25) is 9.59 Å². The minimum atomic E-state index is -0.228. The number of hydrogen-bond donors (Lipinski definition) is 3. The van der Waals surface area contributed by atoms with Gasteiger partial charge in [-0.1, -0.05) is 35.3 Å². The number of rotatable bonds is 7. The molecular formula is C18H20Cl2N3O3+. The maximum absolute atomic E-state index is 12.1. The van der Waals surface area contributed by atoms with Crippen molar-refractivity contribution in [3.8, 4) is 5.75 Å². The van der Waals surface area contributed by atoms with Crippen molar-refractivity contribution in [2.75, 3.05) is 37.9 Å². The summed E-state index contributed by atoms with van der Waals surface area (Å²) in [7, 11) is 3.28. The van der Waals surface area contributed by atoms with E-state index in [1.165, 1.54) is 7.11 Å². The molecule has 0 spiro atoms. The van der Waals surface area contributed by atoms with Gasteiger partial charge in [0.1, 0.15) is 5.75 Å². The Kier molecular flexibility index (Phi) is 7.26. The van der Waals surface area contributed by atoms with Gasteiger partial charge in [-0.15, -0.1) is 0 Å². The molecule has 0 saturated heterocycles. The van der Waals surface area contributed by atoms with Crippen molar-refractivity contribution in [3.63, 3.8) is 0 Å². The predicted molar refractivity (Wildman–Crippen MR) is 103 cm³/mol. The molecule has 138 valence electrons.